The van der Waals surface area contributed by atoms with Crippen LogP contribution in [-0.2, 0) is 11.8 Å². The van der Waals surface area contributed by atoms with E-state index in [-0.39, 0.29) is 11.8 Å². The van der Waals surface area contributed by atoms with Gasteiger partial charge in [-0.1, -0.05) is 12.1 Å². The van der Waals surface area contributed by atoms with Crippen molar-refractivity contribution in [3.63, 3.8) is 0 Å². The van der Waals surface area contributed by atoms with Gasteiger partial charge in [-0.2, -0.15) is 10.4 Å². The molecule has 4 heterocycles. The summed E-state index contributed by atoms with van der Waals surface area (Å²) >= 11 is 0. The third-order valence-electron chi connectivity index (χ3n) is 6.92. The Hall–Kier alpha value is -4.13. The zero-order valence-electron chi connectivity index (χ0n) is 19.5. The summed E-state index contributed by atoms with van der Waals surface area (Å²) in [5.41, 5.74) is 2.53. The largest absolute Gasteiger partial charge is 0.439 e. The number of nitriles is 1. The van der Waals surface area contributed by atoms with Gasteiger partial charge in [-0.15, -0.1) is 0 Å². The number of aryl methyl sites for hydroxylation is 1. The summed E-state index contributed by atoms with van der Waals surface area (Å²) in [6.45, 7) is 1.78. The second-order valence-corrected chi connectivity index (χ2v) is 9.59. The Kier molecular flexibility index (Phi) is 5.06. The number of nitrogens with zero attached hydrogens (tertiary/aromatic N) is 7. The normalized spacial score (nSPS) is 21.8. The SMILES string of the molecule is Cn1cc(Nc2nc(N3CCCC4(C3)CN(c3ccc(C5CC5)cc3)C(=O)O4)cnc2C#N)cn1. The highest BCUT2D eigenvalue weighted by atomic mass is 16.6. The molecule has 1 amide bonds. The molecule has 3 aromatic rings. The maximum absolute atomic E-state index is 12.9. The van der Waals surface area contributed by atoms with Crippen molar-refractivity contribution in [1.29, 1.82) is 5.26 Å². The number of ether oxygens (including phenoxy) is 1. The predicted molar refractivity (Wildman–Crippen MR) is 130 cm³/mol. The van der Waals surface area contributed by atoms with Crippen LogP contribution in [0.15, 0.2) is 42.9 Å². The number of amides is 1. The van der Waals surface area contributed by atoms with E-state index in [1.54, 1.807) is 28.2 Å². The van der Waals surface area contributed by atoms with Crippen LogP contribution in [-0.4, -0.2) is 51.1 Å². The van der Waals surface area contributed by atoms with Crippen molar-refractivity contribution < 1.29 is 9.53 Å². The molecule has 6 rings (SSSR count). The van der Waals surface area contributed by atoms with Crippen molar-refractivity contribution >= 4 is 29.1 Å². The molecular weight excluding hydrogens is 444 g/mol. The third kappa shape index (κ3) is 4.14. The lowest BCUT2D eigenvalue weighted by atomic mass is 9.92. The fourth-order valence-electron chi connectivity index (χ4n) is 4.99. The van der Waals surface area contributed by atoms with Gasteiger partial charge in [-0.25, -0.2) is 14.8 Å². The van der Waals surface area contributed by atoms with Gasteiger partial charge in [0.2, 0.25) is 0 Å². The minimum atomic E-state index is -0.614. The smallest absolute Gasteiger partial charge is 0.415 e. The molecule has 1 unspecified atom stereocenters. The van der Waals surface area contributed by atoms with Crippen molar-refractivity contribution in [1.82, 2.24) is 19.7 Å². The van der Waals surface area contributed by atoms with Gasteiger partial charge in [0.1, 0.15) is 17.5 Å². The van der Waals surface area contributed by atoms with Gasteiger partial charge in [-0.3, -0.25) is 9.58 Å². The predicted octanol–water partition coefficient (Wildman–Crippen LogP) is 3.70. The number of carbonyl (C=O) groups is 1. The minimum Gasteiger partial charge on any atom is -0.439 e. The number of hydrogen-bond acceptors (Lipinski definition) is 8. The highest BCUT2D eigenvalue weighted by molar-refractivity contribution is 5.90. The van der Waals surface area contributed by atoms with Crippen molar-refractivity contribution in [2.75, 3.05) is 34.8 Å². The molecule has 1 spiro atoms. The maximum atomic E-state index is 12.9. The van der Waals surface area contributed by atoms with Crippen LogP contribution in [0.25, 0.3) is 0 Å². The van der Waals surface area contributed by atoms with Gasteiger partial charge < -0.3 is 15.0 Å². The molecular formula is C25H26N8O2. The molecule has 2 aliphatic heterocycles. The van der Waals surface area contributed by atoms with Gasteiger partial charge in [0.25, 0.3) is 0 Å². The second-order valence-electron chi connectivity index (χ2n) is 9.59. The topological polar surface area (TPSA) is 112 Å². The Morgan fingerprint density at radius 3 is 2.74 bits per heavy atom. The lowest BCUT2D eigenvalue weighted by molar-refractivity contribution is 0.0445. The number of carbonyl (C=O) groups excluding carboxylic acids is 1. The molecule has 2 aromatic heterocycles. The summed E-state index contributed by atoms with van der Waals surface area (Å²) in [6, 6.07) is 10.4. The monoisotopic (exact) mass is 470 g/mol. The van der Waals surface area contributed by atoms with E-state index in [0.29, 0.717) is 30.6 Å². The lowest BCUT2D eigenvalue weighted by Gasteiger charge is -2.39. The second kappa shape index (κ2) is 8.27. The quantitative estimate of drug-likeness (QED) is 0.601. The molecule has 1 N–H and O–H groups in total. The van der Waals surface area contributed by atoms with Crippen LogP contribution in [0.2, 0.25) is 0 Å². The van der Waals surface area contributed by atoms with E-state index >= 15 is 0 Å². The first-order valence-electron chi connectivity index (χ1n) is 11.9. The first-order chi connectivity index (χ1) is 17.0. The number of aromatic nitrogens is 4. The van der Waals surface area contributed by atoms with Crippen LogP contribution in [0, 0.1) is 11.3 Å². The maximum Gasteiger partial charge on any atom is 0.415 e. The number of benzene rings is 1. The standard InChI is InChI=1S/C25H26N8O2/c1-31-14-19(12-28-31)29-23-21(11-26)27-13-22(30-23)32-10-2-9-25(15-32)16-33(24(34)35-25)20-7-5-18(6-8-20)17-3-4-17/h5-8,12-14,17H,2-4,9-10,15-16H2,1H3,(H,29,30). The number of piperidine rings is 1. The van der Waals surface area contributed by atoms with Crippen molar-refractivity contribution in [3.05, 3.63) is 54.1 Å². The molecule has 1 aromatic carbocycles. The highest BCUT2D eigenvalue weighted by Gasteiger charge is 2.48. The molecule has 3 fully saturated rings. The minimum absolute atomic E-state index is 0.206. The van der Waals surface area contributed by atoms with Crippen LogP contribution in [0.4, 0.5) is 27.8 Å². The van der Waals surface area contributed by atoms with E-state index in [9.17, 15) is 10.1 Å². The molecule has 35 heavy (non-hydrogen) atoms. The van der Waals surface area contributed by atoms with Gasteiger partial charge >= 0.3 is 6.09 Å². The third-order valence-corrected chi connectivity index (χ3v) is 6.92. The van der Waals surface area contributed by atoms with Crippen molar-refractivity contribution in [2.45, 2.75) is 37.2 Å². The molecule has 10 heteroatoms. The summed E-state index contributed by atoms with van der Waals surface area (Å²) in [4.78, 5) is 25.7. The molecule has 2 saturated heterocycles. The number of anilines is 4. The first kappa shape index (κ1) is 21.4. The fourth-order valence-corrected chi connectivity index (χ4v) is 4.99. The first-order valence-corrected chi connectivity index (χ1v) is 11.9. The van der Waals surface area contributed by atoms with Crippen LogP contribution >= 0.6 is 0 Å². The molecule has 1 aliphatic carbocycles. The van der Waals surface area contributed by atoms with Crippen molar-refractivity contribution in [2.24, 2.45) is 7.05 Å². The van der Waals surface area contributed by atoms with E-state index in [1.807, 2.05) is 19.2 Å². The Bertz CT molecular complexity index is 1310. The Morgan fingerprint density at radius 2 is 2.03 bits per heavy atom. The van der Waals surface area contributed by atoms with Crippen LogP contribution in [0.5, 0.6) is 0 Å². The zero-order valence-corrected chi connectivity index (χ0v) is 19.5. The fraction of sp³-hybridized carbons (Fsp3) is 0.400. The highest BCUT2D eigenvalue weighted by Crippen LogP contribution is 2.41. The number of hydrogen-bond donors (Lipinski definition) is 1. The van der Waals surface area contributed by atoms with Gasteiger partial charge in [0.15, 0.2) is 11.5 Å². The van der Waals surface area contributed by atoms with E-state index in [2.05, 4.69) is 38.5 Å². The Labute approximate surface area is 203 Å². The number of nitrogens with one attached hydrogen (secondary N) is 1. The van der Waals surface area contributed by atoms with E-state index < -0.39 is 5.60 Å². The average Bonchev–Trinajstić information content (AvgIpc) is 3.57. The van der Waals surface area contributed by atoms with Gasteiger partial charge in [0, 0.05) is 25.5 Å². The lowest BCUT2D eigenvalue weighted by Crippen LogP contribution is -2.51. The van der Waals surface area contributed by atoms with E-state index in [4.69, 9.17) is 9.72 Å². The van der Waals surface area contributed by atoms with Crippen LogP contribution in [0.1, 0.15) is 42.9 Å². The molecule has 0 radical (unpaired) electrons. The van der Waals surface area contributed by atoms with E-state index in [1.165, 1.54) is 18.4 Å². The molecule has 3 aliphatic rings. The molecule has 1 saturated carbocycles. The van der Waals surface area contributed by atoms with Gasteiger partial charge in [0.05, 0.1) is 31.2 Å². The van der Waals surface area contributed by atoms with Crippen LogP contribution in [0.3, 0.4) is 0 Å². The number of rotatable bonds is 5. The Morgan fingerprint density at radius 1 is 1.20 bits per heavy atom. The van der Waals surface area contributed by atoms with Gasteiger partial charge in [-0.05, 0) is 49.3 Å². The van der Waals surface area contributed by atoms with E-state index in [0.717, 1.165) is 30.8 Å². The molecule has 1 atom stereocenters. The Balaban J connectivity index is 1.21. The average molecular weight is 471 g/mol. The molecule has 10 nitrogen and oxygen atoms in total. The summed E-state index contributed by atoms with van der Waals surface area (Å²) in [7, 11) is 1.82. The van der Waals surface area contributed by atoms with Crippen LogP contribution < -0.4 is 15.1 Å². The summed E-state index contributed by atoms with van der Waals surface area (Å²) in [6.07, 6.45) is 8.91. The van der Waals surface area contributed by atoms with Crippen molar-refractivity contribution in [3.8, 4) is 6.07 Å². The zero-order chi connectivity index (χ0) is 24.0. The summed E-state index contributed by atoms with van der Waals surface area (Å²) in [5, 5.41) is 16.8. The summed E-state index contributed by atoms with van der Waals surface area (Å²) in [5.74, 6) is 1.69. The summed E-state index contributed by atoms with van der Waals surface area (Å²) < 4.78 is 7.66. The molecule has 178 valence electrons. The molecule has 0 bridgehead atoms.